The van der Waals surface area contributed by atoms with Crippen LogP contribution in [0.2, 0.25) is 0 Å². The van der Waals surface area contributed by atoms with Gasteiger partial charge in [0.2, 0.25) is 5.95 Å². The highest BCUT2D eigenvalue weighted by atomic mass is 16.5. The molecule has 2 N–H and O–H groups in total. The molecule has 0 aliphatic heterocycles. The van der Waals surface area contributed by atoms with Crippen molar-refractivity contribution in [2.24, 2.45) is 0 Å². The number of nitrogens with zero attached hydrogens (tertiary/aromatic N) is 3. The molecule has 2 aromatic carbocycles. The zero-order chi connectivity index (χ0) is 17.5. The highest BCUT2D eigenvalue weighted by Gasteiger charge is 2.07. The summed E-state index contributed by atoms with van der Waals surface area (Å²) in [5, 5.41) is 14.1. The maximum atomic E-state index is 11.6. The van der Waals surface area contributed by atoms with Gasteiger partial charge in [0.25, 0.3) is 0 Å². The van der Waals surface area contributed by atoms with Gasteiger partial charge in [0.05, 0.1) is 18.4 Å². The van der Waals surface area contributed by atoms with Crippen LogP contribution in [0.5, 0.6) is 0 Å². The number of ether oxygens (including phenoxy) is 1. The third kappa shape index (κ3) is 4.51. The highest BCUT2D eigenvalue weighted by molar-refractivity contribution is 5.89. The van der Waals surface area contributed by atoms with Crippen molar-refractivity contribution in [2.75, 3.05) is 17.2 Å². The molecule has 1 aromatic heterocycles. The van der Waals surface area contributed by atoms with Crippen molar-refractivity contribution in [3.05, 3.63) is 66.4 Å². The minimum absolute atomic E-state index is 0.346. The minimum Gasteiger partial charge on any atom is -0.462 e. The summed E-state index contributed by atoms with van der Waals surface area (Å²) in [6.45, 7) is 2.12. The number of benzene rings is 2. The van der Waals surface area contributed by atoms with Crippen molar-refractivity contribution in [3.8, 4) is 0 Å². The average Bonchev–Trinajstić information content (AvgIpc) is 2.64. The van der Waals surface area contributed by atoms with E-state index in [-0.39, 0.29) is 5.97 Å². The van der Waals surface area contributed by atoms with Gasteiger partial charge >= 0.3 is 5.97 Å². The molecule has 25 heavy (non-hydrogen) atoms. The number of rotatable bonds is 6. The summed E-state index contributed by atoms with van der Waals surface area (Å²) in [6.07, 6.45) is 1.54. The molecule has 0 spiro atoms. The van der Waals surface area contributed by atoms with Crippen molar-refractivity contribution in [2.45, 2.75) is 6.92 Å². The van der Waals surface area contributed by atoms with Crippen LogP contribution in [0.25, 0.3) is 0 Å². The van der Waals surface area contributed by atoms with Gasteiger partial charge in [-0.2, -0.15) is 10.1 Å². The predicted molar refractivity (Wildman–Crippen MR) is 95.2 cm³/mol. The summed E-state index contributed by atoms with van der Waals surface area (Å²) in [5.41, 5.74) is 2.14. The van der Waals surface area contributed by atoms with E-state index in [4.69, 9.17) is 4.74 Å². The lowest BCUT2D eigenvalue weighted by molar-refractivity contribution is 0.0526. The fourth-order valence-electron chi connectivity index (χ4n) is 2.12. The van der Waals surface area contributed by atoms with Crippen LogP contribution in [0.1, 0.15) is 17.3 Å². The Kier molecular flexibility index (Phi) is 5.16. The summed E-state index contributed by atoms with van der Waals surface area (Å²) in [6, 6.07) is 16.5. The Morgan fingerprint density at radius 3 is 2.44 bits per heavy atom. The molecule has 0 amide bonds. The molecule has 1 heterocycles. The molecule has 126 valence electrons. The summed E-state index contributed by atoms with van der Waals surface area (Å²) < 4.78 is 4.96. The molecule has 7 nitrogen and oxygen atoms in total. The van der Waals surface area contributed by atoms with Crippen LogP contribution in [0.15, 0.2) is 60.8 Å². The van der Waals surface area contributed by atoms with E-state index < -0.39 is 0 Å². The number of hydrogen-bond donors (Lipinski definition) is 2. The van der Waals surface area contributed by atoms with E-state index in [9.17, 15) is 4.79 Å². The molecule has 0 fully saturated rings. The van der Waals surface area contributed by atoms with Gasteiger partial charge in [0, 0.05) is 11.4 Å². The van der Waals surface area contributed by atoms with Gasteiger partial charge in [-0.3, -0.25) is 0 Å². The second kappa shape index (κ2) is 7.87. The Morgan fingerprint density at radius 1 is 1.00 bits per heavy atom. The van der Waals surface area contributed by atoms with E-state index in [2.05, 4.69) is 25.8 Å². The number of aromatic nitrogens is 3. The smallest absolute Gasteiger partial charge is 0.338 e. The standard InChI is InChI=1S/C18H17N5O2/c1-2-25-17(24)13-8-10-15(11-9-13)21-18-22-16(12-19-23-18)20-14-6-4-3-5-7-14/h3-12H,2H2,1H3,(H2,20,21,22,23). The monoisotopic (exact) mass is 335 g/mol. The van der Waals surface area contributed by atoms with Crippen LogP contribution in [-0.4, -0.2) is 27.8 Å². The number of carbonyl (C=O) groups is 1. The first kappa shape index (κ1) is 16.4. The fraction of sp³-hybridized carbons (Fsp3) is 0.111. The lowest BCUT2D eigenvalue weighted by Crippen LogP contribution is -2.05. The third-order valence-corrected chi connectivity index (χ3v) is 3.26. The lowest BCUT2D eigenvalue weighted by atomic mass is 10.2. The number of esters is 1. The number of anilines is 4. The van der Waals surface area contributed by atoms with E-state index in [1.54, 1.807) is 37.4 Å². The van der Waals surface area contributed by atoms with E-state index in [1.165, 1.54) is 0 Å². The Balaban J connectivity index is 1.68. The van der Waals surface area contributed by atoms with Crippen molar-refractivity contribution < 1.29 is 9.53 Å². The summed E-state index contributed by atoms with van der Waals surface area (Å²) in [7, 11) is 0. The average molecular weight is 335 g/mol. The molecule has 3 aromatic rings. The maximum Gasteiger partial charge on any atom is 0.338 e. The maximum absolute atomic E-state index is 11.6. The van der Waals surface area contributed by atoms with Crippen LogP contribution in [0, 0.1) is 0 Å². The molecular formula is C18H17N5O2. The molecule has 0 saturated carbocycles. The van der Waals surface area contributed by atoms with Crippen molar-refractivity contribution in [1.82, 2.24) is 15.2 Å². The summed E-state index contributed by atoms with van der Waals surface area (Å²) in [4.78, 5) is 16.0. The summed E-state index contributed by atoms with van der Waals surface area (Å²) >= 11 is 0. The van der Waals surface area contributed by atoms with Gasteiger partial charge < -0.3 is 15.4 Å². The van der Waals surface area contributed by atoms with Gasteiger partial charge in [0.15, 0.2) is 5.82 Å². The molecular weight excluding hydrogens is 318 g/mol. The minimum atomic E-state index is -0.346. The molecule has 0 radical (unpaired) electrons. The van der Waals surface area contributed by atoms with E-state index in [0.717, 1.165) is 11.4 Å². The van der Waals surface area contributed by atoms with Gasteiger partial charge in [0.1, 0.15) is 0 Å². The number of hydrogen-bond acceptors (Lipinski definition) is 7. The SMILES string of the molecule is CCOC(=O)c1ccc(Nc2nncc(Nc3ccccc3)n2)cc1. The molecule has 0 saturated heterocycles. The summed E-state index contributed by atoms with van der Waals surface area (Å²) in [5.74, 6) is 0.581. The molecule has 0 aliphatic rings. The van der Waals surface area contributed by atoms with E-state index in [0.29, 0.717) is 23.9 Å². The van der Waals surface area contributed by atoms with Gasteiger partial charge in [-0.25, -0.2) is 4.79 Å². The predicted octanol–water partition coefficient (Wildman–Crippen LogP) is 3.54. The quantitative estimate of drug-likeness (QED) is 0.666. The topological polar surface area (TPSA) is 89.0 Å². The molecule has 3 rings (SSSR count). The van der Waals surface area contributed by atoms with Gasteiger partial charge in [-0.05, 0) is 43.3 Å². The first-order valence-corrected chi connectivity index (χ1v) is 7.80. The van der Waals surface area contributed by atoms with Gasteiger partial charge in [-0.1, -0.05) is 18.2 Å². The molecule has 7 heteroatoms. The van der Waals surface area contributed by atoms with Crippen LogP contribution in [0.4, 0.5) is 23.1 Å². The van der Waals surface area contributed by atoms with Crippen LogP contribution >= 0.6 is 0 Å². The molecule has 0 bridgehead atoms. The first-order valence-electron chi connectivity index (χ1n) is 7.80. The Morgan fingerprint density at radius 2 is 1.72 bits per heavy atom. The number of carbonyl (C=O) groups excluding carboxylic acids is 1. The largest absolute Gasteiger partial charge is 0.462 e. The number of nitrogens with one attached hydrogen (secondary N) is 2. The second-order valence-corrected chi connectivity index (χ2v) is 5.08. The second-order valence-electron chi connectivity index (χ2n) is 5.08. The lowest BCUT2D eigenvalue weighted by Gasteiger charge is -2.08. The van der Waals surface area contributed by atoms with Crippen LogP contribution in [0.3, 0.4) is 0 Å². The van der Waals surface area contributed by atoms with Crippen LogP contribution in [-0.2, 0) is 4.74 Å². The Bertz CT molecular complexity index is 838. The number of para-hydroxylation sites is 1. The third-order valence-electron chi connectivity index (χ3n) is 3.26. The molecule has 0 atom stereocenters. The molecule has 0 unspecified atom stereocenters. The zero-order valence-electron chi connectivity index (χ0n) is 13.6. The Hall–Kier alpha value is -3.48. The van der Waals surface area contributed by atoms with Crippen molar-refractivity contribution in [1.29, 1.82) is 0 Å². The van der Waals surface area contributed by atoms with E-state index >= 15 is 0 Å². The van der Waals surface area contributed by atoms with Crippen LogP contribution < -0.4 is 10.6 Å². The first-order chi connectivity index (χ1) is 12.2. The zero-order valence-corrected chi connectivity index (χ0v) is 13.6. The van der Waals surface area contributed by atoms with E-state index in [1.807, 2.05) is 30.3 Å². The normalized spacial score (nSPS) is 10.1. The van der Waals surface area contributed by atoms with Crippen molar-refractivity contribution in [3.63, 3.8) is 0 Å². The van der Waals surface area contributed by atoms with Gasteiger partial charge in [-0.15, -0.1) is 5.10 Å². The highest BCUT2D eigenvalue weighted by Crippen LogP contribution is 2.17. The Labute approximate surface area is 145 Å². The molecule has 0 aliphatic carbocycles. The fourth-order valence-corrected chi connectivity index (χ4v) is 2.12. The van der Waals surface area contributed by atoms with Crippen molar-refractivity contribution >= 4 is 29.1 Å².